The minimum Gasteiger partial charge on any atom is -0.353 e. The Kier molecular flexibility index (Phi) is 4.15. The number of benzene rings is 1. The van der Waals surface area contributed by atoms with Gasteiger partial charge in [0, 0.05) is 19.3 Å². The van der Waals surface area contributed by atoms with Crippen LogP contribution in [0.2, 0.25) is 0 Å². The molecule has 0 aliphatic carbocycles. The Morgan fingerprint density at radius 3 is 2.58 bits per heavy atom. The zero-order chi connectivity index (χ0) is 13.7. The number of anilines is 1. The third-order valence-electron chi connectivity index (χ3n) is 3.21. The van der Waals surface area contributed by atoms with Crippen molar-refractivity contribution >= 4 is 5.82 Å². The summed E-state index contributed by atoms with van der Waals surface area (Å²) in [6.07, 6.45) is 1.62. The minimum absolute atomic E-state index is 0.593. The number of aromatic nitrogens is 1. The predicted octanol–water partition coefficient (Wildman–Crippen LogP) is 3.29. The Labute approximate surface area is 114 Å². The van der Waals surface area contributed by atoms with Crippen LogP contribution in [0.25, 0.3) is 0 Å². The molecular formula is C16H17N3. The molecule has 0 spiro atoms. The normalized spacial score (nSPS) is 9.95. The summed E-state index contributed by atoms with van der Waals surface area (Å²) < 4.78 is 0. The van der Waals surface area contributed by atoms with Gasteiger partial charge in [-0.15, -0.1) is 0 Å². The summed E-state index contributed by atoms with van der Waals surface area (Å²) in [5.41, 5.74) is 3.18. The highest BCUT2D eigenvalue weighted by Gasteiger charge is 2.08. The first-order chi connectivity index (χ1) is 9.24. The number of rotatable bonds is 4. The molecule has 0 saturated carbocycles. The van der Waals surface area contributed by atoms with Crippen LogP contribution < -0.4 is 4.90 Å². The highest BCUT2D eigenvalue weighted by molar-refractivity contribution is 5.43. The van der Waals surface area contributed by atoms with Gasteiger partial charge in [-0.3, -0.25) is 0 Å². The minimum atomic E-state index is 0.593. The molecule has 0 unspecified atom stereocenters. The van der Waals surface area contributed by atoms with E-state index in [1.165, 1.54) is 11.1 Å². The number of hydrogen-bond acceptors (Lipinski definition) is 3. The lowest BCUT2D eigenvalue weighted by Gasteiger charge is -2.22. The Morgan fingerprint density at radius 2 is 2.00 bits per heavy atom. The number of pyridine rings is 1. The van der Waals surface area contributed by atoms with Gasteiger partial charge in [-0.1, -0.05) is 24.3 Å². The maximum atomic E-state index is 8.79. The second-order valence-corrected chi connectivity index (χ2v) is 4.46. The summed E-state index contributed by atoms with van der Waals surface area (Å²) in [6, 6.07) is 14.2. The summed E-state index contributed by atoms with van der Waals surface area (Å²) in [4.78, 5) is 6.55. The fraction of sp³-hybridized carbons (Fsp3) is 0.250. The van der Waals surface area contributed by atoms with Gasteiger partial charge in [0.15, 0.2) is 0 Å². The largest absolute Gasteiger partial charge is 0.353 e. The third-order valence-corrected chi connectivity index (χ3v) is 3.21. The Hall–Kier alpha value is -2.34. The molecule has 0 atom stereocenters. The van der Waals surface area contributed by atoms with Crippen molar-refractivity contribution < 1.29 is 0 Å². The van der Waals surface area contributed by atoms with E-state index in [0.717, 1.165) is 18.9 Å². The second-order valence-electron chi connectivity index (χ2n) is 4.46. The fourth-order valence-electron chi connectivity index (χ4n) is 1.99. The molecule has 2 aromatic rings. The smallest absolute Gasteiger partial charge is 0.128 e. The average Bonchev–Trinajstić information content (AvgIpc) is 2.47. The quantitative estimate of drug-likeness (QED) is 0.837. The monoisotopic (exact) mass is 251 g/mol. The van der Waals surface area contributed by atoms with E-state index >= 15 is 0 Å². The molecule has 0 N–H and O–H groups in total. The number of hydrogen-bond donors (Lipinski definition) is 0. The Morgan fingerprint density at radius 1 is 1.21 bits per heavy atom. The first-order valence-electron chi connectivity index (χ1n) is 6.40. The predicted molar refractivity (Wildman–Crippen MR) is 76.9 cm³/mol. The lowest BCUT2D eigenvalue weighted by molar-refractivity contribution is 0.809. The van der Waals surface area contributed by atoms with Gasteiger partial charge < -0.3 is 4.90 Å². The van der Waals surface area contributed by atoms with Crippen LogP contribution in [0.15, 0.2) is 42.6 Å². The van der Waals surface area contributed by atoms with Gasteiger partial charge in [-0.2, -0.15) is 5.26 Å². The van der Waals surface area contributed by atoms with Crippen molar-refractivity contribution in [1.82, 2.24) is 4.98 Å². The third kappa shape index (κ3) is 3.11. The summed E-state index contributed by atoms with van der Waals surface area (Å²) in [7, 11) is 0. The van der Waals surface area contributed by atoms with Crippen LogP contribution in [0.3, 0.4) is 0 Å². The van der Waals surface area contributed by atoms with E-state index in [-0.39, 0.29) is 0 Å². The van der Waals surface area contributed by atoms with E-state index in [1.807, 2.05) is 12.1 Å². The maximum Gasteiger partial charge on any atom is 0.128 e. The average molecular weight is 251 g/mol. The van der Waals surface area contributed by atoms with Crippen molar-refractivity contribution in [2.45, 2.75) is 20.4 Å². The van der Waals surface area contributed by atoms with Crippen LogP contribution in [0.5, 0.6) is 0 Å². The SMILES string of the molecule is CCN(Cc1ccccc1C)c1ccc(C#N)cn1. The first-order valence-corrected chi connectivity index (χ1v) is 6.40. The second kappa shape index (κ2) is 6.01. The molecule has 0 fully saturated rings. The number of nitriles is 1. The zero-order valence-electron chi connectivity index (χ0n) is 11.3. The molecule has 0 bridgehead atoms. The van der Waals surface area contributed by atoms with E-state index in [2.05, 4.69) is 54.1 Å². The molecule has 3 nitrogen and oxygen atoms in total. The molecule has 1 aromatic carbocycles. The summed E-state index contributed by atoms with van der Waals surface area (Å²) >= 11 is 0. The van der Waals surface area contributed by atoms with Crippen LogP contribution >= 0.6 is 0 Å². The molecule has 96 valence electrons. The van der Waals surface area contributed by atoms with E-state index in [0.29, 0.717) is 5.56 Å². The van der Waals surface area contributed by atoms with Gasteiger partial charge in [0.05, 0.1) is 5.56 Å². The van der Waals surface area contributed by atoms with Crippen molar-refractivity contribution in [2.75, 3.05) is 11.4 Å². The lowest BCUT2D eigenvalue weighted by atomic mass is 10.1. The van der Waals surface area contributed by atoms with Crippen molar-refractivity contribution in [3.8, 4) is 6.07 Å². The van der Waals surface area contributed by atoms with Gasteiger partial charge in [-0.05, 0) is 37.1 Å². The molecule has 0 aliphatic rings. The van der Waals surface area contributed by atoms with E-state index in [9.17, 15) is 0 Å². The van der Waals surface area contributed by atoms with E-state index < -0.39 is 0 Å². The van der Waals surface area contributed by atoms with Crippen LogP contribution in [0.4, 0.5) is 5.82 Å². The van der Waals surface area contributed by atoms with Crippen molar-refractivity contribution in [3.63, 3.8) is 0 Å². The number of aryl methyl sites for hydroxylation is 1. The van der Waals surface area contributed by atoms with Crippen LogP contribution in [-0.4, -0.2) is 11.5 Å². The summed E-state index contributed by atoms with van der Waals surface area (Å²) in [5.74, 6) is 0.907. The molecule has 0 aliphatic heterocycles. The molecular weight excluding hydrogens is 234 g/mol. The van der Waals surface area contributed by atoms with Crippen molar-refractivity contribution in [1.29, 1.82) is 5.26 Å². The van der Waals surface area contributed by atoms with Crippen molar-refractivity contribution in [3.05, 3.63) is 59.3 Å². The topological polar surface area (TPSA) is 39.9 Å². The fourth-order valence-corrected chi connectivity index (χ4v) is 1.99. The summed E-state index contributed by atoms with van der Waals surface area (Å²) in [6.45, 7) is 5.95. The van der Waals surface area contributed by atoms with Gasteiger partial charge in [0.1, 0.15) is 11.9 Å². The Balaban J connectivity index is 2.20. The van der Waals surface area contributed by atoms with Gasteiger partial charge >= 0.3 is 0 Å². The molecule has 0 saturated heterocycles. The van der Waals surface area contributed by atoms with Crippen LogP contribution in [0.1, 0.15) is 23.6 Å². The zero-order valence-corrected chi connectivity index (χ0v) is 11.3. The van der Waals surface area contributed by atoms with Crippen LogP contribution in [0, 0.1) is 18.3 Å². The van der Waals surface area contributed by atoms with Gasteiger partial charge in [0.25, 0.3) is 0 Å². The summed E-state index contributed by atoms with van der Waals surface area (Å²) in [5, 5.41) is 8.79. The highest BCUT2D eigenvalue weighted by Crippen LogP contribution is 2.16. The molecule has 3 heteroatoms. The molecule has 1 heterocycles. The first kappa shape index (κ1) is 13.1. The maximum absolute atomic E-state index is 8.79. The molecule has 2 rings (SSSR count). The van der Waals surface area contributed by atoms with Crippen LogP contribution in [-0.2, 0) is 6.54 Å². The van der Waals surface area contributed by atoms with Gasteiger partial charge in [0.2, 0.25) is 0 Å². The molecule has 0 radical (unpaired) electrons. The molecule has 19 heavy (non-hydrogen) atoms. The van der Waals surface area contributed by atoms with Gasteiger partial charge in [-0.25, -0.2) is 4.98 Å². The number of nitrogens with zero attached hydrogens (tertiary/aromatic N) is 3. The highest BCUT2D eigenvalue weighted by atomic mass is 15.2. The van der Waals surface area contributed by atoms with Crippen molar-refractivity contribution in [2.24, 2.45) is 0 Å². The molecule has 1 aromatic heterocycles. The Bertz CT molecular complexity index is 582. The van der Waals surface area contributed by atoms with E-state index in [4.69, 9.17) is 5.26 Å². The standard InChI is InChI=1S/C16H17N3/c1-3-19(12-15-7-5-4-6-13(15)2)16-9-8-14(10-17)11-18-16/h4-9,11H,3,12H2,1-2H3. The molecule has 0 amide bonds. The van der Waals surface area contributed by atoms with E-state index in [1.54, 1.807) is 6.20 Å². The lowest BCUT2D eigenvalue weighted by Crippen LogP contribution is -2.23.